The highest BCUT2D eigenvalue weighted by Gasteiger charge is 2.10. The minimum Gasteiger partial charge on any atom is -0.380 e. The summed E-state index contributed by atoms with van der Waals surface area (Å²) >= 11 is 5.94. The molecule has 0 saturated heterocycles. The number of ether oxygens (including phenoxy) is 1. The normalized spacial score (nSPS) is 10.8. The molecule has 0 aliphatic heterocycles. The molecule has 0 bridgehead atoms. The van der Waals surface area contributed by atoms with E-state index in [1.54, 1.807) is 7.11 Å². The molecule has 3 aromatic rings. The Kier molecular flexibility index (Phi) is 3.94. The topological polar surface area (TPSA) is 63.7 Å². The van der Waals surface area contributed by atoms with Crippen LogP contribution in [0.3, 0.4) is 0 Å². The van der Waals surface area contributed by atoms with Crippen molar-refractivity contribution in [1.29, 1.82) is 0 Å². The van der Waals surface area contributed by atoms with E-state index in [0.29, 0.717) is 12.4 Å². The largest absolute Gasteiger partial charge is 0.380 e. The molecule has 106 valence electrons. The molecule has 0 saturated carbocycles. The molecule has 1 heterocycles. The van der Waals surface area contributed by atoms with Crippen molar-refractivity contribution in [1.82, 2.24) is 20.6 Å². The minimum absolute atomic E-state index is 0.504. The Bertz CT molecular complexity index is 726. The van der Waals surface area contributed by atoms with Gasteiger partial charge in [0, 0.05) is 17.7 Å². The van der Waals surface area contributed by atoms with E-state index in [1.807, 2.05) is 42.5 Å². The molecular formula is C15H13ClN4O. The summed E-state index contributed by atoms with van der Waals surface area (Å²) in [6.45, 7) is 0.504. The van der Waals surface area contributed by atoms with Crippen LogP contribution in [-0.4, -0.2) is 27.7 Å². The van der Waals surface area contributed by atoms with Gasteiger partial charge in [-0.15, -0.1) is 10.2 Å². The fourth-order valence-electron chi connectivity index (χ4n) is 2.20. The average Bonchev–Trinajstić information content (AvgIpc) is 3.03. The third kappa shape index (κ3) is 2.94. The number of methoxy groups -OCH3 is 1. The molecule has 0 amide bonds. The van der Waals surface area contributed by atoms with Gasteiger partial charge in [0.05, 0.1) is 6.61 Å². The molecule has 1 aromatic heterocycles. The van der Waals surface area contributed by atoms with Gasteiger partial charge in [-0.2, -0.15) is 5.21 Å². The van der Waals surface area contributed by atoms with E-state index in [9.17, 15) is 0 Å². The molecule has 3 rings (SSSR count). The van der Waals surface area contributed by atoms with E-state index < -0.39 is 0 Å². The van der Waals surface area contributed by atoms with Gasteiger partial charge in [0.2, 0.25) is 5.82 Å². The van der Waals surface area contributed by atoms with Crippen LogP contribution < -0.4 is 0 Å². The zero-order valence-electron chi connectivity index (χ0n) is 11.4. The van der Waals surface area contributed by atoms with E-state index >= 15 is 0 Å². The predicted molar refractivity (Wildman–Crippen MR) is 80.8 cm³/mol. The molecule has 6 heteroatoms. The van der Waals surface area contributed by atoms with Crippen molar-refractivity contribution >= 4 is 11.6 Å². The number of aromatic nitrogens is 4. The van der Waals surface area contributed by atoms with Gasteiger partial charge >= 0.3 is 0 Å². The van der Waals surface area contributed by atoms with Crippen LogP contribution in [0.2, 0.25) is 5.02 Å². The number of tetrazole rings is 1. The third-order valence-corrected chi connectivity index (χ3v) is 3.42. The Hall–Kier alpha value is -2.24. The number of aromatic amines is 1. The lowest BCUT2D eigenvalue weighted by atomic mass is 9.97. The van der Waals surface area contributed by atoms with E-state index in [0.717, 1.165) is 27.3 Å². The lowest BCUT2D eigenvalue weighted by Crippen LogP contribution is -1.94. The first-order valence-corrected chi connectivity index (χ1v) is 6.77. The Balaban J connectivity index is 2.06. The molecule has 0 spiro atoms. The first kappa shape index (κ1) is 13.7. The van der Waals surface area contributed by atoms with Crippen LogP contribution in [0.15, 0.2) is 42.5 Å². The first-order chi connectivity index (χ1) is 10.3. The summed E-state index contributed by atoms with van der Waals surface area (Å²) in [5, 5.41) is 14.7. The summed E-state index contributed by atoms with van der Waals surface area (Å²) in [6, 6.07) is 13.7. The zero-order valence-corrected chi connectivity index (χ0v) is 12.1. The molecule has 0 aliphatic rings. The predicted octanol–water partition coefficient (Wildman–Crippen LogP) is 3.33. The van der Waals surface area contributed by atoms with Gasteiger partial charge < -0.3 is 4.74 Å². The average molecular weight is 301 g/mol. The van der Waals surface area contributed by atoms with Crippen LogP contribution >= 0.6 is 11.6 Å². The lowest BCUT2D eigenvalue weighted by molar-refractivity contribution is 0.185. The number of rotatable bonds is 4. The van der Waals surface area contributed by atoms with Crippen LogP contribution in [0.5, 0.6) is 0 Å². The molecule has 1 N–H and O–H groups in total. The van der Waals surface area contributed by atoms with Crippen LogP contribution in [0.1, 0.15) is 5.56 Å². The molecule has 2 aromatic carbocycles. The highest BCUT2D eigenvalue weighted by molar-refractivity contribution is 6.30. The molecule has 0 fully saturated rings. The van der Waals surface area contributed by atoms with Crippen LogP contribution in [0, 0.1) is 0 Å². The molecule has 5 nitrogen and oxygen atoms in total. The number of hydrogen-bond donors (Lipinski definition) is 1. The van der Waals surface area contributed by atoms with Gasteiger partial charge in [-0.25, -0.2) is 0 Å². The van der Waals surface area contributed by atoms with Crippen LogP contribution in [0.4, 0.5) is 0 Å². The molecule has 0 radical (unpaired) electrons. The van der Waals surface area contributed by atoms with Gasteiger partial charge in [-0.05, 0) is 40.1 Å². The van der Waals surface area contributed by atoms with E-state index in [2.05, 4.69) is 20.6 Å². The molecule has 0 unspecified atom stereocenters. The Morgan fingerprint density at radius 1 is 1.10 bits per heavy atom. The summed E-state index contributed by atoms with van der Waals surface area (Å²) in [6.07, 6.45) is 0. The quantitative estimate of drug-likeness (QED) is 0.802. The fraction of sp³-hybridized carbons (Fsp3) is 0.133. The number of hydrogen-bond acceptors (Lipinski definition) is 4. The van der Waals surface area contributed by atoms with Crippen molar-refractivity contribution in [3.8, 4) is 22.5 Å². The summed E-state index contributed by atoms with van der Waals surface area (Å²) in [5.41, 5.74) is 4.14. The molecular weight excluding hydrogens is 288 g/mol. The summed E-state index contributed by atoms with van der Waals surface area (Å²) < 4.78 is 5.30. The highest BCUT2D eigenvalue weighted by atomic mass is 35.5. The van der Waals surface area contributed by atoms with Crippen molar-refractivity contribution in [3.05, 3.63) is 53.1 Å². The summed E-state index contributed by atoms with van der Waals surface area (Å²) in [5.74, 6) is 0.565. The zero-order chi connectivity index (χ0) is 14.7. The van der Waals surface area contributed by atoms with Crippen molar-refractivity contribution in [2.75, 3.05) is 7.11 Å². The van der Waals surface area contributed by atoms with E-state index in [4.69, 9.17) is 16.3 Å². The third-order valence-electron chi connectivity index (χ3n) is 3.16. The summed E-state index contributed by atoms with van der Waals surface area (Å²) in [4.78, 5) is 0. The van der Waals surface area contributed by atoms with Gasteiger partial charge in [0.15, 0.2) is 0 Å². The van der Waals surface area contributed by atoms with Crippen molar-refractivity contribution in [2.24, 2.45) is 0 Å². The van der Waals surface area contributed by atoms with Gasteiger partial charge in [0.1, 0.15) is 0 Å². The molecule has 0 atom stereocenters. The number of nitrogens with zero attached hydrogens (tertiary/aromatic N) is 3. The van der Waals surface area contributed by atoms with Gasteiger partial charge in [-0.1, -0.05) is 35.9 Å². The van der Waals surface area contributed by atoms with E-state index in [-0.39, 0.29) is 0 Å². The van der Waals surface area contributed by atoms with Gasteiger partial charge in [0.25, 0.3) is 0 Å². The maximum Gasteiger partial charge on any atom is 0.204 e. The van der Waals surface area contributed by atoms with Crippen LogP contribution in [0.25, 0.3) is 22.5 Å². The second kappa shape index (κ2) is 6.03. The Morgan fingerprint density at radius 2 is 1.86 bits per heavy atom. The number of halogens is 1. The van der Waals surface area contributed by atoms with Crippen LogP contribution in [-0.2, 0) is 11.3 Å². The Labute approximate surface area is 126 Å². The monoisotopic (exact) mass is 300 g/mol. The molecule has 0 aliphatic carbocycles. The number of H-pyrrole nitrogens is 1. The number of nitrogens with one attached hydrogen (secondary N) is 1. The lowest BCUT2D eigenvalue weighted by Gasteiger charge is -2.10. The standard InChI is InChI=1S/C15H13ClN4O/c1-21-9-12-8-11(15-17-19-20-18-15)4-7-14(12)10-2-5-13(16)6-3-10/h2-8H,9H2,1H3,(H,17,18,19,20). The van der Waals surface area contributed by atoms with Crippen molar-refractivity contribution in [2.45, 2.75) is 6.61 Å². The van der Waals surface area contributed by atoms with Crippen molar-refractivity contribution < 1.29 is 4.74 Å². The Morgan fingerprint density at radius 3 is 2.52 bits per heavy atom. The maximum absolute atomic E-state index is 5.94. The molecule has 21 heavy (non-hydrogen) atoms. The second-order valence-corrected chi connectivity index (χ2v) is 4.98. The highest BCUT2D eigenvalue weighted by Crippen LogP contribution is 2.29. The first-order valence-electron chi connectivity index (χ1n) is 6.39. The fourth-order valence-corrected chi connectivity index (χ4v) is 2.33. The van der Waals surface area contributed by atoms with E-state index in [1.165, 1.54) is 0 Å². The minimum atomic E-state index is 0.504. The number of benzene rings is 2. The maximum atomic E-state index is 5.94. The summed E-state index contributed by atoms with van der Waals surface area (Å²) in [7, 11) is 1.67. The smallest absolute Gasteiger partial charge is 0.204 e. The van der Waals surface area contributed by atoms with Crippen molar-refractivity contribution in [3.63, 3.8) is 0 Å². The van der Waals surface area contributed by atoms with Gasteiger partial charge in [-0.3, -0.25) is 0 Å². The SMILES string of the molecule is COCc1cc(-c2nn[nH]n2)ccc1-c1ccc(Cl)cc1. The second-order valence-electron chi connectivity index (χ2n) is 4.55.